The minimum atomic E-state index is 0.0118. The highest BCUT2D eigenvalue weighted by atomic mass is 16.3. The van der Waals surface area contributed by atoms with Crippen LogP contribution in [0.5, 0.6) is 0 Å². The van der Waals surface area contributed by atoms with E-state index in [-0.39, 0.29) is 5.41 Å². The van der Waals surface area contributed by atoms with Gasteiger partial charge in [-0.15, -0.1) is 0 Å². The fraction of sp³-hybridized carbons (Fsp3) is 0.0968. The summed E-state index contributed by atoms with van der Waals surface area (Å²) in [4.78, 5) is 0. The lowest BCUT2D eigenvalue weighted by Gasteiger charge is -2.21. The number of hydrogen-bond donors (Lipinski definition) is 1. The summed E-state index contributed by atoms with van der Waals surface area (Å²) in [5.74, 6) is 0. The largest absolute Gasteiger partial charge is 0.456 e. The Bertz CT molecular complexity index is 1720. The van der Waals surface area contributed by atoms with Crippen LogP contribution in [0.1, 0.15) is 25.0 Å². The first-order chi connectivity index (χ1) is 16.1. The Hall–Kier alpha value is -4.04. The molecule has 1 aliphatic rings. The van der Waals surface area contributed by atoms with Crippen molar-refractivity contribution in [2.45, 2.75) is 19.3 Å². The number of nitrogens with one attached hydrogen (secondary N) is 1. The van der Waals surface area contributed by atoms with Gasteiger partial charge in [0, 0.05) is 21.9 Å². The second kappa shape index (κ2) is 6.49. The molecule has 0 unspecified atom stereocenters. The SMILES string of the molecule is CC1(C)c2ccccc2-c2cc(Nc3c4ccccc4cc4oc5ccccc5c34)ccc21. The van der Waals surface area contributed by atoms with Gasteiger partial charge in [0.15, 0.2) is 0 Å². The van der Waals surface area contributed by atoms with E-state index in [0.29, 0.717) is 0 Å². The summed E-state index contributed by atoms with van der Waals surface area (Å²) >= 11 is 0. The van der Waals surface area contributed by atoms with Crippen molar-refractivity contribution in [3.63, 3.8) is 0 Å². The number of para-hydroxylation sites is 1. The van der Waals surface area contributed by atoms with Crippen molar-refractivity contribution in [3.8, 4) is 11.1 Å². The van der Waals surface area contributed by atoms with Crippen LogP contribution in [0.2, 0.25) is 0 Å². The molecule has 33 heavy (non-hydrogen) atoms. The highest BCUT2D eigenvalue weighted by Gasteiger charge is 2.35. The molecule has 0 bridgehead atoms. The van der Waals surface area contributed by atoms with Crippen molar-refractivity contribution >= 4 is 44.1 Å². The molecule has 2 nitrogen and oxygen atoms in total. The molecule has 1 N–H and O–H groups in total. The van der Waals surface area contributed by atoms with Crippen LogP contribution in [0.25, 0.3) is 43.8 Å². The molecule has 0 fully saturated rings. The first-order valence-corrected chi connectivity index (χ1v) is 11.5. The van der Waals surface area contributed by atoms with E-state index in [0.717, 1.165) is 33.3 Å². The first-order valence-electron chi connectivity index (χ1n) is 11.5. The second-order valence-electron chi connectivity index (χ2n) is 9.50. The Morgan fingerprint density at radius 3 is 2.27 bits per heavy atom. The lowest BCUT2D eigenvalue weighted by atomic mass is 9.82. The summed E-state index contributed by atoms with van der Waals surface area (Å²) < 4.78 is 6.25. The zero-order chi connectivity index (χ0) is 22.2. The Morgan fingerprint density at radius 1 is 0.636 bits per heavy atom. The Morgan fingerprint density at radius 2 is 1.36 bits per heavy atom. The number of rotatable bonds is 2. The van der Waals surface area contributed by atoms with Gasteiger partial charge in [-0.2, -0.15) is 0 Å². The predicted molar refractivity (Wildman–Crippen MR) is 139 cm³/mol. The van der Waals surface area contributed by atoms with Crippen molar-refractivity contribution in [3.05, 3.63) is 108 Å². The van der Waals surface area contributed by atoms with Gasteiger partial charge in [0.05, 0.1) is 11.1 Å². The van der Waals surface area contributed by atoms with Gasteiger partial charge in [-0.25, -0.2) is 0 Å². The van der Waals surface area contributed by atoms with E-state index in [9.17, 15) is 0 Å². The molecule has 6 aromatic rings. The molecule has 0 saturated heterocycles. The first kappa shape index (κ1) is 18.5. The van der Waals surface area contributed by atoms with Crippen LogP contribution in [-0.4, -0.2) is 0 Å². The third-order valence-corrected chi connectivity index (χ3v) is 7.24. The zero-order valence-corrected chi connectivity index (χ0v) is 18.6. The summed E-state index contributed by atoms with van der Waals surface area (Å²) in [6.07, 6.45) is 0. The van der Waals surface area contributed by atoms with Crippen LogP contribution < -0.4 is 5.32 Å². The summed E-state index contributed by atoms with van der Waals surface area (Å²) in [6.45, 7) is 4.63. The Kier molecular flexibility index (Phi) is 3.64. The third-order valence-electron chi connectivity index (χ3n) is 7.24. The van der Waals surface area contributed by atoms with E-state index in [1.165, 1.54) is 33.0 Å². The van der Waals surface area contributed by atoms with Crippen molar-refractivity contribution < 1.29 is 4.42 Å². The lowest BCUT2D eigenvalue weighted by Crippen LogP contribution is -2.14. The van der Waals surface area contributed by atoms with Crippen LogP contribution in [0.3, 0.4) is 0 Å². The van der Waals surface area contributed by atoms with E-state index in [4.69, 9.17) is 4.42 Å². The molecule has 0 atom stereocenters. The summed E-state index contributed by atoms with van der Waals surface area (Å²) in [5.41, 5.74) is 9.43. The molecule has 158 valence electrons. The number of benzene rings is 5. The van der Waals surface area contributed by atoms with Gasteiger partial charge in [-0.1, -0.05) is 86.6 Å². The average molecular weight is 426 g/mol. The molecule has 5 aromatic carbocycles. The van der Waals surface area contributed by atoms with Gasteiger partial charge < -0.3 is 9.73 Å². The van der Waals surface area contributed by atoms with E-state index < -0.39 is 0 Å². The Balaban J connectivity index is 1.47. The fourth-order valence-electron chi connectivity index (χ4n) is 5.62. The van der Waals surface area contributed by atoms with E-state index in [1.807, 2.05) is 12.1 Å². The number of furan rings is 1. The van der Waals surface area contributed by atoms with Gasteiger partial charge in [0.25, 0.3) is 0 Å². The van der Waals surface area contributed by atoms with Gasteiger partial charge in [-0.3, -0.25) is 0 Å². The quantitative estimate of drug-likeness (QED) is 0.300. The molecule has 1 aromatic heterocycles. The number of anilines is 2. The summed E-state index contributed by atoms with van der Waals surface area (Å²) in [6, 6.07) is 34.5. The van der Waals surface area contributed by atoms with Crippen LogP contribution in [0.4, 0.5) is 11.4 Å². The van der Waals surface area contributed by atoms with E-state index in [2.05, 4.69) is 104 Å². The maximum Gasteiger partial charge on any atom is 0.138 e. The molecule has 7 rings (SSSR count). The smallest absolute Gasteiger partial charge is 0.138 e. The standard InChI is InChI=1S/C31H23NO/c1-31(2)25-13-7-5-11-22(25)24-18-20(15-16-26(24)31)32-30-21-10-4-3-9-19(21)17-28-29(30)23-12-6-8-14-27(23)33-28/h3-18,32H,1-2H3. The van der Waals surface area contributed by atoms with Crippen LogP contribution in [-0.2, 0) is 5.41 Å². The van der Waals surface area contributed by atoms with Gasteiger partial charge >= 0.3 is 0 Å². The average Bonchev–Trinajstić information content (AvgIpc) is 3.32. The van der Waals surface area contributed by atoms with Crippen molar-refractivity contribution in [2.24, 2.45) is 0 Å². The molecular formula is C31H23NO. The molecule has 0 amide bonds. The second-order valence-corrected chi connectivity index (χ2v) is 9.50. The zero-order valence-electron chi connectivity index (χ0n) is 18.6. The highest BCUT2D eigenvalue weighted by molar-refractivity contribution is 6.20. The summed E-state index contributed by atoms with van der Waals surface area (Å²) in [7, 11) is 0. The fourth-order valence-corrected chi connectivity index (χ4v) is 5.62. The van der Waals surface area contributed by atoms with Crippen LogP contribution in [0, 0.1) is 0 Å². The highest BCUT2D eigenvalue weighted by Crippen LogP contribution is 2.49. The maximum absolute atomic E-state index is 6.25. The van der Waals surface area contributed by atoms with Gasteiger partial charge in [0.1, 0.15) is 11.2 Å². The van der Waals surface area contributed by atoms with Gasteiger partial charge in [0.2, 0.25) is 0 Å². The topological polar surface area (TPSA) is 25.2 Å². The number of fused-ring (bicyclic) bond motifs is 7. The van der Waals surface area contributed by atoms with E-state index >= 15 is 0 Å². The Labute approximate surface area is 192 Å². The molecular weight excluding hydrogens is 402 g/mol. The molecule has 1 heterocycles. The molecule has 0 spiro atoms. The molecule has 0 radical (unpaired) electrons. The lowest BCUT2D eigenvalue weighted by molar-refractivity contribution is 0.660. The monoisotopic (exact) mass is 425 g/mol. The van der Waals surface area contributed by atoms with Crippen LogP contribution >= 0.6 is 0 Å². The molecule has 0 aliphatic heterocycles. The molecule has 1 aliphatic carbocycles. The maximum atomic E-state index is 6.25. The van der Waals surface area contributed by atoms with Crippen LogP contribution in [0.15, 0.2) is 101 Å². The van der Waals surface area contributed by atoms with Crippen molar-refractivity contribution in [1.82, 2.24) is 0 Å². The minimum Gasteiger partial charge on any atom is -0.456 e. The molecule has 2 heteroatoms. The van der Waals surface area contributed by atoms with E-state index in [1.54, 1.807) is 0 Å². The third kappa shape index (κ3) is 2.55. The normalized spacial score (nSPS) is 14.0. The van der Waals surface area contributed by atoms with Gasteiger partial charge in [-0.05, 0) is 51.9 Å². The molecule has 0 saturated carbocycles. The predicted octanol–water partition coefficient (Wildman–Crippen LogP) is 8.79. The van der Waals surface area contributed by atoms with Crippen molar-refractivity contribution in [1.29, 1.82) is 0 Å². The number of hydrogen-bond acceptors (Lipinski definition) is 2. The minimum absolute atomic E-state index is 0.0118. The van der Waals surface area contributed by atoms with Crippen molar-refractivity contribution in [2.75, 3.05) is 5.32 Å². The summed E-state index contributed by atoms with van der Waals surface area (Å²) in [5, 5.41) is 8.42.